The van der Waals surface area contributed by atoms with E-state index in [-0.39, 0.29) is 6.10 Å². The molecule has 1 heterocycles. The van der Waals surface area contributed by atoms with Crippen LogP contribution in [0.2, 0.25) is 0 Å². The molecule has 0 aromatic carbocycles. The lowest BCUT2D eigenvalue weighted by Crippen LogP contribution is -2.14. The molecule has 1 aromatic rings. The van der Waals surface area contributed by atoms with Crippen molar-refractivity contribution in [1.29, 1.82) is 0 Å². The zero-order chi connectivity index (χ0) is 12.0. The first-order valence-corrected chi connectivity index (χ1v) is 6.12. The van der Waals surface area contributed by atoms with Crippen LogP contribution in [-0.4, -0.2) is 35.2 Å². The Balaban J connectivity index is 2.39. The molecule has 16 heavy (non-hydrogen) atoms. The van der Waals surface area contributed by atoms with Crippen molar-refractivity contribution in [1.82, 2.24) is 9.47 Å². The van der Waals surface area contributed by atoms with Gasteiger partial charge < -0.3 is 14.6 Å². The number of aliphatic hydroxyl groups is 1. The van der Waals surface area contributed by atoms with Crippen LogP contribution in [0.4, 0.5) is 0 Å². The first-order chi connectivity index (χ1) is 7.63. The van der Waals surface area contributed by atoms with Crippen LogP contribution in [0.3, 0.4) is 0 Å². The molecular formula is C13H24N2O. The zero-order valence-corrected chi connectivity index (χ0v) is 10.7. The summed E-state index contributed by atoms with van der Waals surface area (Å²) in [5.41, 5.74) is 1.05. The van der Waals surface area contributed by atoms with Gasteiger partial charge >= 0.3 is 0 Å². The van der Waals surface area contributed by atoms with Gasteiger partial charge in [-0.2, -0.15) is 0 Å². The second kappa shape index (κ2) is 6.71. The van der Waals surface area contributed by atoms with Gasteiger partial charge in [-0.1, -0.05) is 13.3 Å². The summed E-state index contributed by atoms with van der Waals surface area (Å²) in [5, 5.41) is 9.83. The molecule has 0 saturated carbocycles. The van der Waals surface area contributed by atoms with Crippen LogP contribution < -0.4 is 0 Å². The van der Waals surface area contributed by atoms with Crippen molar-refractivity contribution in [2.75, 3.05) is 20.6 Å². The second-order valence-electron chi connectivity index (χ2n) is 4.64. The lowest BCUT2D eigenvalue weighted by Gasteiger charge is -2.09. The lowest BCUT2D eigenvalue weighted by atomic mass is 10.1. The van der Waals surface area contributed by atoms with Crippen LogP contribution in [-0.2, 0) is 6.54 Å². The number of hydrogen-bond acceptors (Lipinski definition) is 2. The Kier molecular flexibility index (Phi) is 5.56. The van der Waals surface area contributed by atoms with Gasteiger partial charge in [-0.25, -0.2) is 0 Å². The molecule has 1 aromatic heterocycles. The Hall–Kier alpha value is -0.800. The number of aliphatic hydroxyl groups excluding tert-OH is 1. The molecule has 0 spiro atoms. The smallest absolute Gasteiger partial charge is 0.0804 e. The van der Waals surface area contributed by atoms with Gasteiger partial charge in [0.1, 0.15) is 0 Å². The van der Waals surface area contributed by atoms with E-state index in [1.165, 1.54) is 0 Å². The van der Waals surface area contributed by atoms with Gasteiger partial charge in [-0.15, -0.1) is 0 Å². The maximum Gasteiger partial charge on any atom is 0.0804 e. The minimum Gasteiger partial charge on any atom is -0.388 e. The average molecular weight is 224 g/mol. The predicted molar refractivity (Wildman–Crippen MR) is 67.5 cm³/mol. The molecule has 92 valence electrons. The molecule has 0 aliphatic heterocycles. The summed E-state index contributed by atoms with van der Waals surface area (Å²) >= 11 is 0. The zero-order valence-electron chi connectivity index (χ0n) is 10.7. The van der Waals surface area contributed by atoms with E-state index in [1.54, 1.807) is 0 Å². The third-order valence-electron chi connectivity index (χ3n) is 2.74. The molecular weight excluding hydrogens is 200 g/mol. The van der Waals surface area contributed by atoms with Crippen LogP contribution in [0, 0.1) is 0 Å². The molecule has 0 saturated heterocycles. The van der Waals surface area contributed by atoms with Gasteiger partial charge in [-0.3, -0.25) is 0 Å². The molecule has 1 rings (SSSR count). The van der Waals surface area contributed by atoms with Crippen molar-refractivity contribution in [3.05, 3.63) is 24.0 Å². The summed E-state index contributed by atoms with van der Waals surface area (Å²) in [5.74, 6) is 0. The molecule has 0 aliphatic carbocycles. The van der Waals surface area contributed by atoms with Crippen LogP contribution in [0.15, 0.2) is 18.5 Å². The fraction of sp³-hybridized carbons (Fsp3) is 0.692. The molecule has 0 aliphatic rings. The normalized spacial score (nSPS) is 13.3. The summed E-state index contributed by atoms with van der Waals surface area (Å²) in [6, 6.07) is 2.02. The van der Waals surface area contributed by atoms with Crippen molar-refractivity contribution >= 4 is 0 Å². The monoisotopic (exact) mass is 224 g/mol. The molecule has 0 fully saturated rings. The molecule has 0 radical (unpaired) electrons. The summed E-state index contributed by atoms with van der Waals surface area (Å²) < 4.78 is 2.16. The highest BCUT2D eigenvalue weighted by molar-refractivity contribution is 5.13. The minimum atomic E-state index is -0.292. The summed E-state index contributed by atoms with van der Waals surface area (Å²) in [4.78, 5) is 2.19. The molecule has 1 unspecified atom stereocenters. The Bertz CT molecular complexity index is 294. The van der Waals surface area contributed by atoms with Gasteiger partial charge in [0.25, 0.3) is 0 Å². The van der Waals surface area contributed by atoms with E-state index in [4.69, 9.17) is 0 Å². The fourth-order valence-electron chi connectivity index (χ4n) is 1.81. The van der Waals surface area contributed by atoms with E-state index in [0.717, 1.165) is 37.9 Å². The molecule has 3 heteroatoms. The van der Waals surface area contributed by atoms with E-state index in [1.807, 2.05) is 6.07 Å². The van der Waals surface area contributed by atoms with Gasteiger partial charge in [0.2, 0.25) is 0 Å². The fourth-order valence-corrected chi connectivity index (χ4v) is 1.81. The first-order valence-electron chi connectivity index (χ1n) is 6.12. The van der Waals surface area contributed by atoms with Crippen molar-refractivity contribution in [3.8, 4) is 0 Å². The number of rotatable bonds is 7. The highest BCUT2D eigenvalue weighted by Gasteiger charge is 2.07. The van der Waals surface area contributed by atoms with Crippen LogP contribution in [0.5, 0.6) is 0 Å². The summed E-state index contributed by atoms with van der Waals surface area (Å²) in [7, 11) is 4.18. The third kappa shape index (κ3) is 4.37. The maximum atomic E-state index is 9.83. The van der Waals surface area contributed by atoms with Gasteiger partial charge in [-0.05, 0) is 45.1 Å². The Labute approximate surface area is 98.7 Å². The number of hydrogen-bond donors (Lipinski definition) is 1. The maximum absolute atomic E-state index is 9.83. The largest absolute Gasteiger partial charge is 0.388 e. The summed E-state index contributed by atoms with van der Waals surface area (Å²) in [6.45, 7) is 4.22. The Morgan fingerprint density at radius 3 is 2.81 bits per heavy atom. The molecule has 3 nitrogen and oxygen atoms in total. The van der Waals surface area contributed by atoms with Crippen LogP contribution in [0.1, 0.15) is 37.9 Å². The van der Waals surface area contributed by atoms with Crippen LogP contribution in [0.25, 0.3) is 0 Å². The minimum absolute atomic E-state index is 0.292. The highest BCUT2D eigenvalue weighted by atomic mass is 16.3. The van der Waals surface area contributed by atoms with Gasteiger partial charge in [0, 0.05) is 18.9 Å². The van der Waals surface area contributed by atoms with E-state index < -0.39 is 0 Å². The molecule has 1 atom stereocenters. The van der Waals surface area contributed by atoms with E-state index in [9.17, 15) is 5.11 Å². The van der Waals surface area contributed by atoms with Crippen molar-refractivity contribution in [3.63, 3.8) is 0 Å². The van der Waals surface area contributed by atoms with Crippen molar-refractivity contribution in [2.24, 2.45) is 0 Å². The summed E-state index contributed by atoms with van der Waals surface area (Å²) in [6.07, 6.45) is 6.85. The van der Waals surface area contributed by atoms with Gasteiger partial charge in [0.15, 0.2) is 0 Å². The SMILES string of the molecule is CCCC(O)c1ccn(CCCN(C)C)c1. The number of aromatic nitrogens is 1. The second-order valence-corrected chi connectivity index (χ2v) is 4.64. The molecule has 1 N–H and O–H groups in total. The predicted octanol–water partition coefficient (Wildman–Crippen LogP) is 2.27. The average Bonchev–Trinajstić information content (AvgIpc) is 2.66. The lowest BCUT2D eigenvalue weighted by molar-refractivity contribution is 0.166. The van der Waals surface area contributed by atoms with Gasteiger partial charge in [0.05, 0.1) is 6.10 Å². The van der Waals surface area contributed by atoms with E-state index in [2.05, 4.69) is 42.9 Å². The molecule has 0 amide bonds. The highest BCUT2D eigenvalue weighted by Crippen LogP contribution is 2.18. The Morgan fingerprint density at radius 1 is 1.44 bits per heavy atom. The van der Waals surface area contributed by atoms with Crippen LogP contribution >= 0.6 is 0 Å². The Morgan fingerprint density at radius 2 is 2.19 bits per heavy atom. The topological polar surface area (TPSA) is 28.4 Å². The van der Waals surface area contributed by atoms with Crippen molar-refractivity contribution in [2.45, 2.75) is 38.8 Å². The van der Waals surface area contributed by atoms with E-state index >= 15 is 0 Å². The number of aryl methyl sites for hydroxylation is 1. The molecule has 0 bridgehead atoms. The standard InChI is InChI=1S/C13H24N2O/c1-4-6-13(16)12-7-10-15(11-12)9-5-8-14(2)3/h7,10-11,13,16H,4-6,8-9H2,1-3H3. The first kappa shape index (κ1) is 13.3. The quantitative estimate of drug-likeness (QED) is 0.769. The van der Waals surface area contributed by atoms with Crippen molar-refractivity contribution < 1.29 is 5.11 Å². The number of nitrogens with zero attached hydrogens (tertiary/aromatic N) is 2. The third-order valence-corrected chi connectivity index (χ3v) is 2.74. The van der Waals surface area contributed by atoms with E-state index in [0.29, 0.717) is 0 Å².